The molecule has 0 amide bonds. The fraction of sp³-hybridized carbons (Fsp3) is 0.600. The van der Waals surface area contributed by atoms with Crippen LogP contribution in [0.1, 0.15) is 46.1 Å². The van der Waals surface area contributed by atoms with Gasteiger partial charge in [-0.3, -0.25) is 19.2 Å². The predicted octanol–water partition coefficient (Wildman–Crippen LogP) is 2.12. The molecule has 1 aromatic rings. The van der Waals surface area contributed by atoms with Crippen molar-refractivity contribution in [3.8, 4) is 5.75 Å². The van der Waals surface area contributed by atoms with Crippen molar-refractivity contribution < 1.29 is 52.3 Å². The summed E-state index contributed by atoms with van der Waals surface area (Å²) in [6.07, 6.45) is -3.59. The molecule has 0 aliphatic carbocycles. The number of rotatable bonds is 12. The molecule has 200 valence electrons. The molecule has 1 aromatic carbocycles. The second kappa shape index (κ2) is 14.4. The number of hydrogen-bond acceptors (Lipinski definition) is 11. The van der Waals surface area contributed by atoms with Gasteiger partial charge in [-0.25, -0.2) is 0 Å². The van der Waals surface area contributed by atoms with E-state index in [-0.39, 0.29) is 13.2 Å². The fourth-order valence-electron chi connectivity index (χ4n) is 3.75. The molecule has 11 nitrogen and oxygen atoms in total. The van der Waals surface area contributed by atoms with Gasteiger partial charge in [0.15, 0.2) is 24.6 Å². The van der Waals surface area contributed by atoms with Crippen LogP contribution in [0.2, 0.25) is 0 Å². The lowest BCUT2D eigenvalue weighted by molar-refractivity contribution is -0.308. The van der Waals surface area contributed by atoms with Crippen LogP contribution in [0.4, 0.5) is 0 Å². The highest BCUT2D eigenvalue weighted by Crippen LogP contribution is 2.30. The average molecular weight is 511 g/mol. The number of aryl methyl sites for hydroxylation is 1. The Kier molecular flexibility index (Phi) is 11.6. The third-order valence-corrected chi connectivity index (χ3v) is 5.25. The van der Waals surface area contributed by atoms with Crippen LogP contribution >= 0.6 is 0 Å². The topological polar surface area (TPSA) is 133 Å². The molecule has 0 saturated carbocycles. The lowest BCUT2D eigenvalue weighted by atomic mass is 9.98. The van der Waals surface area contributed by atoms with Crippen LogP contribution in [-0.4, -0.2) is 74.9 Å². The van der Waals surface area contributed by atoms with E-state index in [0.717, 1.165) is 24.2 Å². The maximum atomic E-state index is 11.9. The van der Waals surface area contributed by atoms with Crippen LogP contribution in [0, 0.1) is 0 Å². The van der Waals surface area contributed by atoms with Gasteiger partial charge in [0.05, 0.1) is 7.11 Å². The van der Waals surface area contributed by atoms with Gasteiger partial charge >= 0.3 is 23.9 Å². The molecule has 2 rings (SSSR count). The van der Waals surface area contributed by atoms with Gasteiger partial charge in [-0.1, -0.05) is 12.1 Å². The van der Waals surface area contributed by atoms with E-state index in [1.165, 1.54) is 27.7 Å². The molecule has 0 N–H and O–H groups in total. The van der Waals surface area contributed by atoms with Crippen molar-refractivity contribution in [2.24, 2.45) is 0 Å². The molecule has 1 aliphatic heterocycles. The monoisotopic (exact) mass is 510 g/mol. The van der Waals surface area contributed by atoms with E-state index in [2.05, 4.69) is 0 Å². The van der Waals surface area contributed by atoms with Crippen molar-refractivity contribution in [3.05, 3.63) is 29.8 Å². The first-order valence-electron chi connectivity index (χ1n) is 11.7. The normalized spacial score (nSPS) is 23.3. The second-order valence-corrected chi connectivity index (χ2v) is 8.24. The van der Waals surface area contributed by atoms with Crippen molar-refractivity contribution in [1.82, 2.24) is 0 Å². The van der Waals surface area contributed by atoms with Crippen molar-refractivity contribution in [1.29, 1.82) is 0 Å². The maximum Gasteiger partial charge on any atom is 0.303 e. The van der Waals surface area contributed by atoms with Crippen LogP contribution < -0.4 is 4.74 Å². The van der Waals surface area contributed by atoms with E-state index in [1.807, 2.05) is 24.3 Å². The molecule has 1 saturated heterocycles. The van der Waals surface area contributed by atoms with Gasteiger partial charge in [0.2, 0.25) is 0 Å². The first-order valence-corrected chi connectivity index (χ1v) is 11.7. The van der Waals surface area contributed by atoms with Gasteiger partial charge in [-0.05, 0) is 37.0 Å². The SMILES string of the molecule is COc1ccc(CCCCO[C@@H]2O[C@H](COC(C)=O)[C@H](OC(C)=O)[C@H](OC(C)=O)[C@H]2OC(C)=O)cc1. The quantitative estimate of drug-likeness (QED) is 0.233. The average Bonchev–Trinajstić information content (AvgIpc) is 2.80. The highest BCUT2D eigenvalue weighted by molar-refractivity contribution is 5.68. The lowest BCUT2D eigenvalue weighted by Gasteiger charge is -2.44. The van der Waals surface area contributed by atoms with Crippen LogP contribution in [0.25, 0.3) is 0 Å². The number of hydrogen-bond donors (Lipinski definition) is 0. The van der Waals surface area contributed by atoms with E-state index in [1.54, 1.807) is 7.11 Å². The Morgan fingerprint density at radius 1 is 0.778 bits per heavy atom. The molecule has 5 atom stereocenters. The number of unbranched alkanes of at least 4 members (excludes halogenated alkanes) is 1. The summed E-state index contributed by atoms with van der Waals surface area (Å²) in [7, 11) is 1.61. The van der Waals surface area contributed by atoms with E-state index in [4.69, 9.17) is 33.2 Å². The minimum absolute atomic E-state index is 0.240. The van der Waals surface area contributed by atoms with Gasteiger partial charge in [-0.15, -0.1) is 0 Å². The van der Waals surface area contributed by atoms with Crippen molar-refractivity contribution >= 4 is 23.9 Å². The summed E-state index contributed by atoms with van der Waals surface area (Å²) < 4.78 is 38.1. The number of ether oxygens (including phenoxy) is 7. The Balaban J connectivity index is 2.11. The Morgan fingerprint density at radius 2 is 1.36 bits per heavy atom. The Labute approximate surface area is 210 Å². The highest BCUT2D eigenvalue weighted by atomic mass is 16.7. The first-order chi connectivity index (χ1) is 17.1. The standard InChI is InChI=1S/C25H34O11/c1-15(26)32-14-21-22(33-16(2)27)23(34-17(3)28)24(35-18(4)29)25(36-21)31-13-7-6-8-19-9-11-20(30-5)12-10-19/h9-12,21-25H,6-8,13-14H2,1-5H3/t21-,22+,23+,24-,25-/m1/s1. The van der Waals surface area contributed by atoms with Gasteiger partial charge < -0.3 is 33.2 Å². The Bertz CT molecular complexity index is 882. The summed E-state index contributed by atoms with van der Waals surface area (Å²) >= 11 is 0. The molecule has 0 unspecified atom stereocenters. The van der Waals surface area contributed by atoms with E-state index in [0.29, 0.717) is 6.42 Å². The third kappa shape index (κ3) is 9.46. The fourth-order valence-corrected chi connectivity index (χ4v) is 3.75. The van der Waals surface area contributed by atoms with Crippen LogP contribution in [-0.2, 0) is 54.0 Å². The van der Waals surface area contributed by atoms with Crippen LogP contribution in [0.15, 0.2) is 24.3 Å². The highest BCUT2D eigenvalue weighted by Gasteiger charge is 2.52. The molecule has 1 fully saturated rings. The summed E-state index contributed by atoms with van der Waals surface area (Å²) in [4.78, 5) is 46.8. The van der Waals surface area contributed by atoms with Crippen molar-refractivity contribution in [2.75, 3.05) is 20.3 Å². The molecule has 0 radical (unpaired) electrons. The molecule has 0 spiro atoms. The van der Waals surface area contributed by atoms with E-state index >= 15 is 0 Å². The zero-order valence-corrected chi connectivity index (χ0v) is 21.2. The third-order valence-electron chi connectivity index (χ3n) is 5.25. The number of methoxy groups -OCH3 is 1. The molecular weight excluding hydrogens is 476 g/mol. The molecule has 11 heteroatoms. The zero-order chi connectivity index (χ0) is 26.7. The summed E-state index contributed by atoms with van der Waals surface area (Å²) in [6, 6.07) is 7.75. The molecule has 0 bridgehead atoms. The number of carbonyl (C=O) groups is 4. The number of esters is 4. The van der Waals surface area contributed by atoms with Gasteiger partial charge in [0, 0.05) is 34.3 Å². The molecule has 36 heavy (non-hydrogen) atoms. The second-order valence-electron chi connectivity index (χ2n) is 8.24. The molecule has 1 heterocycles. The van der Waals surface area contributed by atoms with Gasteiger partial charge in [0.25, 0.3) is 0 Å². The smallest absolute Gasteiger partial charge is 0.303 e. The number of carbonyl (C=O) groups excluding carboxylic acids is 4. The van der Waals surface area contributed by atoms with Gasteiger partial charge in [0.1, 0.15) is 18.5 Å². The minimum Gasteiger partial charge on any atom is -0.497 e. The molecular formula is C25H34O11. The van der Waals surface area contributed by atoms with Crippen LogP contribution in [0.5, 0.6) is 5.75 Å². The van der Waals surface area contributed by atoms with Crippen molar-refractivity contribution in [3.63, 3.8) is 0 Å². The van der Waals surface area contributed by atoms with Crippen molar-refractivity contribution in [2.45, 2.75) is 77.7 Å². The molecule has 0 aromatic heterocycles. The summed E-state index contributed by atoms with van der Waals surface area (Å²) in [6.45, 7) is 4.68. The molecule has 1 aliphatic rings. The van der Waals surface area contributed by atoms with Gasteiger partial charge in [-0.2, -0.15) is 0 Å². The summed E-state index contributed by atoms with van der Waals surface area (Å²) in [5, 5.41) is 0. The lowest BCUT2D eigenvalue weighted by Crippen LogP contribution is -2.63. The predicted molar refractivity (Wildman–Crippen MR) is 124 cm³/mol. The van der Waals surface area contributed by atoms with E-state index in [9.17, 15) is 19.2 Å². The number of benzene rings is 1. The summed E-state index contributed by atoms with van der Waals surface area (Å²) in [5.74, 6) is -1.85. The Hall–Kier alpha value is -3.18. The first kappa shape index (κ1) is 29.1. The van der Waals surface area contributed by atoms with E-state index < -0.39 is 54.6 Å². The van der Waals surface area contributed by atoms with Crippen LogP contribution in [0.3, 0.4) is 0 Å². The maximum absolute atomic E-state index is 11.9. The largest absolute Gasteiger partial charge is 0.497 e. The minimum atomic E-state index is -1.24. The summed E-state index contributed by atoms with van der Waals surface area (Å²) in [5.41, 5.74) is 1.14. The Morgan fingerprint density at radius 3 is 1.92 bits per heavy atom. The zero-order valence-electron chi connectivity index (χ0n) is 21.2.